The molecule has 118 valence electrons. The van der Waals surface area contributed by atoms with Crippen molar-refractivity contribution in [3.63, 3.8) is 0 Å². The van der Waals surface area contributed by atoms with Crippen LogP contribution in [0.4, 0.5) is 13.2 Å². The molecule has 0 saturated carbocycles. The Hall–Kier alpha value is -1.34. The van der Waals surface area contributed by atoms with Crippen LogP contribution in [0.3, 0.4) is 0 Å². The lowest BCUT2D eigenvalue weighted by atomic mass is 9.97. The summed E-state index contributed by atoms with van der Waals surface area (Å²) in [5, 5.41) is -1.22. The number of pyridine rings is 1. The second kappa shape index (κ2) is 6.04. The highest BCUT2D eigenvalue weighted by Gasteiger charge is 2.38. The van der Waals surface area contributed by atoms with E-state index in [-0.39, 0.29) is 5.88 Å². The number of rotatable bonds is 3. The minimum Gasteiger partial charge on any atom is -0.467 e. The topological polar surface area (TPSA) is 39.2 Å². The van der Waals surface area contributed by atoms with Crippen LogP contribution in [0, 0.1) is 0 Å². The lowest BCUT2D eigenvalue weighted by Gasteiger charge is -2.28. The van der Waals surface area contributed by atoms with Gasteiger partial charge in [0.25, 0.3) is 5.24 Å². The van der Waals surface area contributed by atoms with Crippen LogP contribution in [0.15, 0.2) is 34.8 Å². The maximum atomic E-state index is 13.0. The Kier molecular flexibility index (Phi) is 4.67. The van der Waals surface area contributed by atoms with Crippen molar-refractivity contribution >= 4 is 32.8 Å². The van der Waals surface area contributed by atoms with Gasteiger partial charge in [0, 0.05) is 17.0 Å². The van der Waals surface area contributed by atoms with Gasteiger partial charge in [-0.15, -0.1) is 0 Å². The summed E-state index contributed by atoms with van der Waals surface area (Å²) in [6, 6.07) is 2.15. The molecule has 1 aromatic rings. The Balaban J connectivity index is 2.34. The van der Waals surface area contributed by atoms with Crippen LogP contribution in [0.5, 0.6) is 5.88 Å². The van der Waals surface area contributed by atoms with Crippen LogP contribution in [0.25, 0.3) is 0 Å². The van der Waals surface area contributed by atoms with Gasteiger partial charge in [-0.1, -0.05) is 22.0 Å². The molecule has 0 aliphatic heterocycles. The third-order valence-corrected chi connectivity index (χ3v) is 3.78. The van der Waals surface area contributed by atoms with E-state index in [4.69, 9.17) is 16.3 Å². The molecule has 3 nitrogen and oxygen atoms in total. The monoisotopic (exact) mass is 395 g/mol. The number of hydrogen-bond acceptors (Lipinski definition) is 3. The summed E-state index contributed by atoms with van der Waals surface area (Å²) in [7, 11) is 0. The maximum absolute atomic E-state index is 13.0. The van der Waals surface area contributed by atoms with Gasteiger partial charge in [0.1, 0.15) is 5.60 Å². The standard InChI is InChI=1S/C14H10BrClF3NO2/c1-13(6-4-8(15)5-7-13)22-10-3-2-9(12(16)21)11(20-10)14(17,18)19/h2-6H,7H2,1H3. The average molecular weight is 397 g/mol. The van der Waals surface area contributed by atoms with Gasteiger partial charge in [0.2, 0.25) is 5.88 Å². The third kappa shape index (κ3) is 3.89. The molecule has 1 atom stereocenters. The minimum atomic E-state index is -4.80. The fourth-order valence-electron chi connectivity index (χ4n) is 1.88. The Morgan fingerprint density at radius 2 is 2.14 bits per heavy atom. The second-order valence-corrected chi connectivity index (χ2v) is 6.12. The van der Waals surface area contributed by atoms with Gasteiger partial charge in [0.15, 0.2) is 5.69 Å². The van der Waals surface area contributed by atoms with Gasteiger partial charge >= 0.3 is 6.18 Å². The molecule has 0 saturated heterocycles. The summed E-state index contributed by atoms with van der Waals surface area (Å²) in [6.07, 6.45) is 0.952. The van der Waals surface area contributed by atoms with Crippen LogP contribution < -0.4 is 4.74 Å². The third-order valence-electron chi connectivity index (χ3n) is 2.99. The minimum absolute atomic E-state index is 0.229. The smallest absolute Gasteiger partial charge is 0.434 e. The predicted molar refractivity (Wildman–Crippen MR) is 79.2 cm³/mol. The summed E-state index contributed by atoms with van der Waals surface area (Å²) in [5.41, 5.74) is -2.88. The Morgan fingerprint density at radius 3 is 2.64 bits per heavy atom. The largest absolute Gasteiger partial charge is 0.467 e. The summed E-state index contributed by atoms with van der Waals surface area (Å²) in [6.45, 7) is 1.72. The lowest BCUT2D eigenvalue weighted by Crippen LogP contribution is -2.31. The number of hydrogen-bond donors (Lipinski definition) is 0. The zero-order chi connectivity index (χ0) is 16.5. The molecule has 2 rings (SSSR count). The number of nitrogens with zero attached hydrogens (tertiary/aromatic N) is 1. The average Bonchev–Trinajstić information content (AvgIpc) is 2.41. The van der Waals surface area contributed by atoms with Crippen molar-refractivity contribution in [2.45, 2.75) is 25.1 Å². The number of carbonyl (C=O) groups is 1. The molecule has 1 heterocycles. The van der Waals surface area contributed by atoms with Crippen LogP contribution >= 0.6 is 27.5 Å². The first-order chi connectivity index (χ1) is 10.1. The molecule has 0 spiro atoms. The van der Waals surface area contributed by atoms with E-state index in [0.29, 0.717) is 6.42 Å². The molecule has 0 radical (unpaired) electrons. The lowest BCUT2D eigenvalue weighted by molar-refractivity contribution is -0.141. The van der Waals surface area contributed by atoms with Crippen molar-refractivity contribution in [2.24, 2.45) is 0 Å². The molecule has 1 aliphatic rings. The summed E-state index contributed by atoms with van der Waals surface area (Å²) in [5.74, 6) is -0.229. The van der Waals surface area contributed by atoms with E-state index >= 15 is 0 Å². The Morgan fingerprint density at radius 1 is 1.45 bits per heavy atom. The van der Waals surface area contributed by atoms with E-state index in [9.17, 15) is 18.0 Å². The number of ether oxygens (including phenoxy) is 1. The molecule has 8 heteroatoms. The number of aromatic nitrogens is 1. The summed E-state index contributed by atoms with van der Waals surface area (Å²) in [4.78, 5) is 14.5. The number of alkyl halides is 3. The molecular formula is C14H10BrClF3NO2. The number of allylic oxidation sites excluding steroid dienone is 2. The van der Waals surface area contributed by atoms with Crippen LogP contribution in [0.2, 0.25) is 0 Å². The van der Waals surface area contributed by atoms with Gasteiger partial charge in [-0.25, -0.2) is 4.98 Å². The van der Waals surface area contributed by atoms with Crippen molar-refractivity contribution in [1.82, 2.24) is 4.98 Å². The molecular weight excluding hydrogens is 387 g/mol. The summed E-state index contributed by atoms with van der Waals surface area (Å²) >= 11 is 8.45. The van der Waals surface area contributed by atoms with Crippen molar-refractivity contribution in [2.75, 3.05) is 0 Å². The van der Waals surface area contributed by atoms with Gasteiger partial charge in [-0.3, -0.25) is 4.79 Å². The number of halogens is 5. The van der Waals surface area contributed by atoms with Gasteiger partial charge in [0.05, 0.1) is 5.56 Å². The van der Waals surface area contributed by atoms with E-state index in [0.717, 1.165) is 10.5 Å². The van der Waals surface area contributed by atoms with Crippen molar-refractivity contribution in [3.05, 3.63) is 46.1 Å². The van der Waals surface area contributed by atoms with E-state index in [1.54, 1.807) is 19.1 Å². The molecule has 0 fully saturated rings. The van der Waals surface area contributed by atoms with Crippen LogP contribution in [0.1, 0.15) is 29.4 Å². The van der Waals surface area contributed by atoms with Crippen molar-refractivity contribution in [3.8, 4) is 5.88 Å². The fourth-order valence-corrected chi connectivity index (χ4v) is 2.33. The molecule has 0 bridgehead atoms. The van der Waals surface area contributed by atoms with E-state index < -0.39 is 28.3 Å². The van der Waals surface area contributed by atoms with Gasteiger partial charge in [-0.2, -0.15) is 13.2 Å². The highest BCUT2D eigenvalue weighted by Crippen LogP contribution is 2.34. The van der Waals surface area contributed by atoms with E-state index in [1.807, 2.05) is 6.08 Å². The molecule has 0 N–H and O–H groups in total. The first kappa shape index (κ1) is 17.0. The zero-order valence-corrected chi connectivity index (χ0v) is 13.6. The fraction of sp³-hybridized carbons (Fsp3) is 0.286. The van der Waals surface area contributed by atoms with Crippen LogP contribution in [-0.4, -0.2) is 15.8 Å². The quantitative estimate of drug-likeness (QED) is 0.685. The van der Waals surface area contributed by atoms with Gasteiger partial charge < -0.3 is 4.74 Å². The Bertz CT molecular complexity index is 673. The molecule has 1 aromatic heterocycles. The highest BCUT2D eigenvalue weighted by atomic mass is 79.9. The van der Waals surface area contributed by atoms with Gasteiger partial charge in [-0.05, 0) is 36.7 Å². The van der Waals surface area contributed by atoms with Crippen molar-refractivity contribution < 1.29 is 22.7 Å². The SMILES string of the molecule is CC1(Oc2ccc(C(=O)Cl)c(C(F)(F)F)n2)C=CC(Br)=CC1. The predicted octanol–water partition coefficient (Wildman–Crippen LogP) is 4.86. The van der Waals surface area contributed by atoms with Crippen molar-refractivity contribution in [1.29, 1.82) is 0 Å². The molecule has 1 aliphatic carbocycles. The maximum Gasteiger partial charge on any atom is 0.434 e. The Labute approximate surface area is 137 Å². The highest BCUT2D eigenvalue weighted by molar-refractivity contribution is 9.11. The van der Waals surface area contributed by atoms with Crippen LogP contribution in [-0.2, 0) is 6.18 Å². The second-order valence-electron chi connectivity index (χ2n) is 4.86. The molecule has 0 aromatic carbocycles. The zero-order valence-electron chi connectivity index (χ0n) is 11.2. The number of carbonyl (C=O) groups excluding carboxylic acids is 1. The molecule has 22 heavy (non-hydrogen) atoms. The van der Waals surface area contributed by atoms with E-state index in [1.165, 1.54) is 6.07 Å². The normalized spacial score (nSPS) is 21.5. The molecule has 0 amide bonds. The first-order valence-corrected chi connectivity index (χ1v) is 7.30. The summed E-state index contributed by atoms with van der Waals surface area (Å²) < 4.78 is 45.3. The van der Waals surface area contributed by atoms with E-state index in [2.05, 4.69) is 20.9 Å². The first-order valence-electron chi connectivity index (χ1n) is 6.13. The molecule has 1 unspecified atom stereocenters.